The fourth-order valence-electron chi connectivity index (χ4n) is 3.25. The molecule has 0 aromatic carbocycles. The first kappa shape index (κ1) is 13.1. The molecule has 4 heteroatoms. The lowest BCUT2D eigenvalue weighted by molar-refractivity contribution is 0.176. The smallest absolute Gasteiger partial charge is 0.0765 e. The second-order valence-electron chi connectivity index (χ2n) is 7.06. The van der Waals surface area contributed by atoms with Gasteiger partial charge in [-0.05, 0) is 30.7 Å². The summed E-state index contributed by atoms with van der Waals surface area (Å²) in [6, 6.07) is 2.23. The predicted molar refractivity (Wildman–Crippen MR) is 74.8 cm³/mol. The maximum absolute atomic E-state index is 9.56. The maximum Gasteiger partial charge on any atom is 0.0765 e. The SMILES string of the molecule is Cn1nc(CNCC2(CO)CC2(C)C)cc1C1CC1. The highest BCUT2D eigenvalue weighted by molar-refractivity contribution is 5.19. The Morgan fingerprint density at radius 3 is 2.68 bits per heavy atom. The van der Waals surface area contributed by atoms with Crippen LogP contribution in [0.5, 0.6) is 0 Å². The molecule has 1 unspecified atom stereocenters. The first-order chi connectivity index (χ1) is 8.97. The van der Waals surface area contributed by atoms with E-state index in [0.717, 1.165) is 31.1 Å². The summed E-state index contributed by atoms with van der Waals surface area (Å²) in [7, 11) is 2.04. The monoisotopic (exact) mass is 263 g/mol. The molecule has 2 aliphatic carbocycles. The summed E-state index contributed by atoms with van der Waals surface area (Å²) in [5.74, 6) is 0.748. The Bertz CT molecular complexity index is 476. The molecule has 0 bridgehead atoms. The molecule has 0 aliphatic heterocycles. The zero-order valence-electron chi connectivity index (χ0n) is 12.2. The minimum atomic E-state index is 0.0844. The molecule has 2 saturated carbocycles. The Kier molecular flexibility index (Phi) is 2.98. The van der Waals surface area contributed by atoms with E-state index in [0.29, 0.717) is 0 Å². The van der Waals surface area contributed by atoms with Crippen LogP contribution in [0, 0.1) is 10.8 Å². The van der Waals surface area contributed by atoms with Crippen LogP contribution in [-0.2, 0) is 13.6 Å². The van der Waals surface area contributed by atoms with E-state index in [9.17, 15) is 5.11 Å². The molecule has 0 spiro atoms. The maximum atomic E-state index is 9.56. The van der Waals surface area contributed by atoms with E-state index in [1.165, 1.54) is 18.5 Å². The lowest BCUT2D eigenvalue weighted by atomic mass is 9.97. The standard InChI is InChI=1S/C15H25N3O/c1-14(2)8-15(14,10-19)9-16-7-12-6-13(11-4-5-11)18(3)17-12/h6,11,16,19H,4-5,7-10H2,1-3H3. The summed E-state index contributed by atoms with van der Waals surface area (Å²) in [5, 5.41) is 17.6. The number of nitrogens with zero attached hydrogens (tertiary/aromatic N) is 2. The largest absolute Gasteiger partial charge is 0.396 e. The number of aliphatic hydroxyl groups excluding tert-OH is 1. The van der Waals surface area contributed by atoms with E-state index in [1.807, 2.05) is 11.7 Å². The number of aryl methyl sites for hydroxylation is 1. The second kappa shape index (κ2) is 4.32. The lowest BCUT2D eigenvalue weighted by Gasteiger charge is -2.17. The Balaban J connectivity index is 1.54. The second-order valence-corrected chi connectivity index (χ2v) is 7.06. The Morgan fingerprint density at radius 2 is 2.16 bits per heavy atom. The zero-order valence-corrected chi connectivity index (χ0v) is 12.2. The Morgan fingerprint density at radius 1 is 1.47 bits per heavy atom. The van der Waals surface area contributed by atoms with E-state index in [4.69, 9.17) is 0 Å². The fraction of sp³-hybridized carbons (Fsp3) is 0.800. The third-order valence-electron chi connectivity index (χ3n) is 5.13. The number of nitrogens with one attached hydrogen (secondary N) is 1. The van der Waals surface area contributed by atoms with E-state index in [2.05, 4.69) is 30.3 Å². The van der Waals surface area contributed by atoms with Crippen molar-refractivity contribution in [2.24, 2.45) is 17.9 Å². The highest BCUT2D eigenvalue weighted by Crippen LogP contribution is 2.62. The van der Waals surface area contributed by atoms with Gasteiger partial charge in [0, 0.05) is 37.2 Å². The van der Waals surface area contributed by atoms with Crippen molar-refractivity contribution < 1.29 is 5.11 Å². The van der Waals surface area contributed by atoms with E-state index in [-0.39, 0.29) is 17.4 Å². The number of hydrogen-bond donors (Lipinski definition) is 2. The topological polar surface area (TPSA) is 50.1 Å². The van der Waals surface area contributed by atoms with Crippen LogP contribution < -0.4 is 5.32 Å². The summed E-state index contributed by atoms with van der Waals surface area (Å²) in [6.07, 6.45) is 3.74. The van der Waals surface area contributed by atoms with Crippen molar-refractivity contribution in [1.82, 2.24) is 15.1 Å². The van der Waals surface area contributed by atoms with Crippen LogP contribution in [0.25, 0.3) is 0 Å². The van der Waals surface area contributed by atoms with E-state index < -0.39 is 0 Å². The zero-order chi connectivity index (χ0) is 13.7. The molecule has 4 nitrogen and oxygen atoms in total. The average Bonchev–Trinajstić information content (AvgIpc) is 3.22. The normalized spacial score (nSPS) is 28.6. The number of rotatable bonds is 6. The molecule has 2 aliphatic rings. The van der Waals surface area contributed by atoms with Gasteiger partial charge in [0.1, 0.15) is 0 Å². The minimum absolute atomic E-state index is 0.0844. The van der Waals surface area contributed by atoms with Crippen molar-refractivity contribution in [3.8, 4) is 0 Å². The van der Waals surface area contributed by atoms with Crippen molar-refractivity contribution in [3.05, 3.63) is 17.5 Å². The molecular formula is C15H25N3O. The molecule has 3 rings (SSSR count). The van der Waals surface area contributed by atoms with Crippen molar-refractivity contribution in [1.29, 1.82) is 0 Å². The summed E-state index contributed by atoms with van der Waals surface area (Å²) < 4.78 is 2.03. The summed E-state index contributed by atoms with van der Waals surface area (Å²) in [5.41, 5.74) is 2.86. The van der Waals surface area contributed by atoms with E-state index >= 15 is 0 Å². The molecule has 19 heavy (non-hydrogen) atoms. The molecule has 1 atom stereocenters. The quantitative estimate of drug-likeness (QED) is 0.823. The van der Waals surface area contributed by atoms with Crippen LogP contribution in [0.3, 0.4) is 0 Å². The molecule has 106 valence electrons. The highest BCUT2D eigenvalue weighted by Gasteiger charge is 2.60. The van der Waals surface area contributed by atoms with Crippen molar-refractivity contribution in [3.63, 3.8) is 0 Å². The van der Waals surface area contributed by atoms with Gasteiger partial charge in [0.15, 0.2) is 0 Å². The molecule has 1 heterocycles. The van der Waals surface area contributed by atoms with Crippen molar-refractivity contribution in [2.75, 3.05) is 13.2 Å². The molecule has 2 N–H and O–H groups in total. The van der Waals surface area contributed by atoms with Gasteiger partial charge >= 0.3 is 0 Å². The summed E-state index contributed by atoms with van der Waals surface area (Å²) >= 11 is 0. The van der Waals surface area contributed by atoms with Gasteiger partial charge in [-0.25, -0.2) is 0 Å². The Labute approximate surface area is 115 Å². The van der Waals surface area contributed by atoms with Crippen LogP contribution in [0.4, 0.5) is 0 Å². The Hall–Kier alpha value is -0.870. The van der Waals surface area contributed by atoms with Crippen LogP contribution in [0.1, 0.15) is 50.4 Å². The molecule has 0 radical (unpaired) electrons. The number of hydrogen-bond acceptors (Lipinski definition) is 3. The fourth-order valence-corrected chi connectivity index (χ4v) is 3.25. The molecule has 1 aromatic rings. The van der Waals surface area contributed by atoms with Crippen LogP contribution in [-0.4, -0.2) is 28.0 Å². The van der Waals surface area contributed by atoms with Gasteiger partial charge in [-0.3, -0.25) is 4.68 Å². The van der Waals surface area contributed by atoms with E-state index in [1.54, 1.807) is 0 Å². The van der Waals surface area contributed by atoms with Crippen LogP contribution >= 0.6 is 0 Å². The van der Waals surface area contributed by atoms with Gasteiger partial charge in [-0.1, -0.05) is 13.8 Å². The highest BCUT2D eigenvalue weighted by atomic mass is 16.3. The molecule has 0 saturated heterocycles. The minimum Gasteiger partial charge on any atom is -0.396 e. The van der Waals surface area contributed by atoms with Gasteiger partial charge < -0.3 is 10.4 Å². The van der Waals surface area contributed by atoms with Crippen LogP contribution in [0.2, 0.25) is 0 Å². The summed E-state index contributed by atoms with van der Waals surface area (Å²) in [6.45, 7) is 6.43. The predicted octanol–water partition coefficient (Wildman–Crippen LogP) is 1.80. The first-order valence-electron chi connectivity index (χ1n) is 7.32. The van der Waals surface area contributed by atoms with Crippen molar-refractivity contribution >= 4 is 0 Å². The molecule has 1 aromatic heterocycles. The molecular weight excluding hydrogens is 238 g/mol. The van der Waals surface area contributed by atoms with Gasteiger partial charge in [0.05, 0.1) is 12.3 Å². The summed E-state index contributed by atoms with van der Waals surface area (Å²) in [4.78, 5) is 0. The number of aliphatic hydroxyl groups is 1. The molecule has 0 amide bonds. The third-order valence-corrected chi connectivity index (χ3v) is 5.13. The molecule has 2 fully saturated rings. The average molecular weight is 263 g/mol. The third kappa shape index (κ3) is 2.32. The van der Waals surface area contributed by atoms with Gasteiger partial charge in [-0.15, -0.1) is 0 Å². The van der Waals surface area contributed by atoms with Gasteiger partial charge in [0.2, 0.25) is 0 Å². The first-order valence-corrected chi connectivity index (χ1v) is 7.32. The van der Waals surface area contributed by atoms with Gasteiger partial charge in [-0.2, -0.15) is 5.10 Å². The van der Waals surface area contributed by atoms with Crippen LogP contribution in [0.15, 0.2) is 6.07 Å². The van der Waals surface area contributed by atoms with Crippen molar-refractivity contribution in [2.45, 2.75) is 45.6 Å². The lowest BCUT2D eigenvalue weighted by Crippen LogP contribution is -2.29. The van der Waals surface area contributed by atoms with Gasteiger partial charge in [0.25, 0.3) is 0 Å². The number of aromatic nitrogens is 2.